The van der Waals surface area contributed by atoms with Gasteiger partial charge in [-0.1, -0.05) is 24.8 Å². The highest BCUT2D eigenvalue weighted by Gasteiger charge is 2.36. The number of nitrogens with two attached hydrogens (primary N) is 1. The van der Waals surface area contributed by atoms with Gasteiger partial charge in [-0.05, 0) is 61.6 Å². The summed E-state index contributed by atoms with van der Waals surface area (Å²) in [5.74, 6) is 1.49. The van der Waals surface area contributed by atoms with Crippen LogP contribution in [0, 0.1) is 17.2 Å². The average molecular weight is 497 g/mol. The Labute approximate surface area is 215 Å². The van der Waals surface area contributed by atoms with Gasteiger partial charge in [0.25, 0.3) is 11.8 Å². The summed E-state index contributed by atoms with van der Waals surface area (Å²) in [6, 6.07) is 18.9. The summed E-state index contributed by atoms with van der Waals surface area (Å²) in [6.07, 6.45) is 2.40. The van der Waals surface area contributed by atoms with Crippen LogP contribution in [0.5, 0.6) is 11.5 Å². The number of hydrogen-bond acceptors (Lipinski definition) is 6. The van der Waals surface area contributed by atoms with E-state index in [4.69, 9.17) is 20.8 Å². The summed E-state index contributed by atoms with van der Waals surface area (Å²) in [5, 5.41) is 17.2. The second kappa shape index (κ2) is 10.2. The van der Waals surface area contributed by atoms with Gasteiger partial charge in [0.05, 0.1) is 6.04 Å². The molecule has 0 radical (unpaired) electrons. The van der Waals surface area contributed by atoms with E-state index in [2.05, 4.69) is 11.9 Å². The molecule has 5 rings (SSSR count). The Kier molecular flexibility index (Phi) is 6.64. The third-order valence-electron chi connectivity index (χ3n) is 7.07. The summed E-state index contributed by atoms with van der Waals surface area (Å²) in [5.41, 5.74) is 7.48. The number of anilines is 1. The van der Waals surface area contributed by atoms with Gasteiger partial charge in [0, 0.05) is 25.2 Å². The number of aromatic nitrogens is 2. The fraction of sp³-hybridized carbons (Fsp3) is 0.286. The number of amides is 2. The lowest BCUT2D eigenvalue weighted by molar-refractivity contribution is -0.128. The van der Waals surface area contributed by atoms with Crippen molar-refractivity contribution in [3.63, 3.8) is 0 Å². The van der Waals surface area contributed by atoms with Gasteiger partial charge in [0.15, 0.2) is 0 Å². The number of benzene rings is 2. The standard InChI is InChI=1S/C28H28N6O3/c1-18(17-29)28(36)33-15-12-19(13-16-33)23-11-14-31-27-24(26(30)35)25(32-34(23)27)20-7-9-22(10-8-20)37-21-5-3-2-4-6-21/h2-10,19,23,31H,1,11-16H2,(H2,30,35). The van der Waals surface area contributed by atoms with Crippen LogP contribution in [0.3, 0.4) is 0 Å². The number of ether oxygens (including phenoxy) is 1. The number of para-hydroxylation sites is 1. The van der Waals surface area contributed by atoms with E-state index in [0.29, 0.717) is 42.5 Å². The zero-order valence-electron chi connectivity index (χ0n) is 20.4. The topological polar surface area (TPSA) is 126 Å². The van der Waals surface area contributed by atoms with Crippen LogP contribution in [-0.2, 0) is 4.79 Å². The summed E-state index contributed by atoms with van der Waals surface area (Å²) < 4.78 is 7.80. The maximum atomic E-state index is 12.6. The Morgan fingerprint density at radius 3 is 2.38 bits per heavy atom. The SMILES string of the molecule is C=C(C#N)C(=O)N1CCC(C2CCNc3c(C(N)=O)c(-c4ccc(Oc5ccccc5)cc4)nn32)CC1. The van der Waals surface area contributed by atoms with Crippen molar-refractivity contribution in [1.29, 1.82) is 5.26 Å². The number of likely N-dealkylation sites (tertiary alicyclic amines) is 1. The Bertz CT molecular complexity index is 1370. The Morgan fingerprint density at radius 2 is 1.73 bits per heavy atom. The van der Waals surface area contributed by atoms with Gasteiger partial charge in [-0.25, -0.2) is 4.68 Å². The molecule has 0 spiro atoms. The zero-order chi connectivity index (χ0) is 25.9. The fourth-order valence-corrected chi connectivity index (χ4v) is 5.21. The summed E-state index contributed by atoms with van der Waals surface area (Å²) in [6.45, 7) is 5.36. The number of carbonyl (C=O) groups excluding carboxylic acids is 2. The number of nitrogens with one attached hydrogen (secondary N) is 1. The van der Waals surface area contributed by atoms with E-state index in [1.54, 1.807) is 4.90 Å². The highest BCUT2D eigenvalue weighted by Crippen LogP contribution is 2.40. The molecule has 0 bridgehead atoms. The molecule has 9 heteroatoms. The van der Waals surface area contributed by atoms with E-state index in [-0.39, 0.29) is 23.4 Å². The molecule has 1 aromatic heterocycles. The predicted molar refractivity (Wildman–Crippen MR) is 139 cm³/mol. The number of nitriles is 1. The molecule has 3 heterocycles. The normalized spacial score (nSPS) is 17.3. The molecule has 3 aromatic rings. The predicted octanol–water partition coefficient (Wildman–Crippen LogP) is 4.12. The van der Waals surface area contributed by atoms with Gasteiger partial charge in [-0.3, -0.25) is 9.59 Å². The van der Waals surface area contributed by atoms with Gasteiger partial charge < -0.3 is 20.7 Å². The van der Waals surface area contributed by atoms with Crippen molar-refractivity contribution in [2.24, 2.45) is 11.7 Å². The molecule has 188 valence electrons. The monoisotopic (exact) mass is 496 g/mol. The summed E-state index contributed by atoms with van der Waals surface area (Å²) in [4.78, 5) is 26.6. The third kappa shape index (κ3) is 4.78. The molecule has 2 aromatic carbocycles. The van der Waals surface area contributed by atoms with Crippen molar-refractivity contribution in [2.75, 3.05) is 25.0 Å². The first-order valence-corrected chi connectivity index (χ1v) is 12.3. The molecule has 2 aliphatic rings. The van der Waals surface area contributed by atoms with Gasteiger partial charge in [0.1, 0.15) is 40.2 Å². The van der Waals surface area contributed by atoms with Crippen molar-refractivity contribution >= 4 is 17.6 Å². The Hall–Kier alpha value is -4.58. The minimum absolute atomic E-state index is 0.0365. The van der Waals surface area contributed by atoms with Crippen LogP contribution in [0.25, 0.3) is 11.3 Å². The first-order chi connectivity index (χ1) is 18.0. The fourth-order valence-electron chi connectivity index (χ4n) is 5.21. The smallest absolute Gasteiger partial charge is 0.263 e. The Balaban J connectivity index is 1.39. The van der Waals surface area contributed by atoms with Gasteiger partial charge >= 0.3 is 0 Å². The number of primary amides is 1. The van der Waals surface area contributed by atoms with Crippen molar-refractivity contribution in [2.45, 2.75) is 25.3 Å². The summed E-state index contributed by atoms with van der Waals surface area (Å²) >= 11 is 0. The second-order valence-electron chi connectivity index (χ2n) is 9.32. The highest BCUT2D eigenvalue weighted by atomic mass is 16.5. The van der Waals surface area contributed by atoms with Crippen molar-refractivity contribution < 1.29 is 14.3 Å². The lowest BCUT2D eigenvalue weighted by Gasteiger charge is -2.38. The molecular weight excluding hydrogens is 468 g/mol. The van der Waals surface area contributed by atoms with E-state index < -0.39 is 5.91 Å². The lowest BCUT2D eigenvalue weighted by atomic mass is 9.86. The number of carbonyl (C=O) groups is 2. The maximum Gasteiger partial charge on any atom is 0.263 e. The largest absolute Gasteiger partial charge is 0.457 e. The third-order valence-corrected chi connectivity index (χ3v) is 7.07. The molecule has 0 aliphatic carbocycles. The second-order valence-corrected chi connectivity index (χ2v) is 9.32. The molecule has 0 saturated carbocycles. The number of fused-ring (bicyclic) bond motifs is 1. The van der Waals surface area contributed by atoms with E-state index in [1.807, 2.05) is 65.3 Å². The number of nitrogens with zero attached hydrogens (tertiary/aromatic N) is 4. The van der Waals surface area contributed by atoms with Gasteiger partial charge in [-0.2, -0.15) is 10.4 Å². The van der Waals surface area contributed by atoms with Gasteiger partial charge in [-0.15, -0.1) is 0 Å². The molecule has 1 unspecified atom stereocenters. The maximum absolute atomic E-state index is 12.6. The molecule has 1 fully saturated rings. The van der Waals surface area contributed by atoms with Crippen LogP contribution in [0.1, 0.15) is 35.7 Å². The molecule has 1 saturated heterocycles. The van der Waals surface area contributed by atoms with E-state index in [1.165, 1.54) is 0 Å². The van der Waals surface area contributed by atoms with Crippen LogP contribution < -0.4 is 15.8 Å². The van der Waals surface area contributed by atoms with Crippen LogP contribution >= 0.6 is 0 Å². The minimum Gasteiger partial charge on any atom is -0.457 e. The first-order valence-electron chi connectivity index (χ1n) is 12.3. The van der Waals surface area contributed by atoms with Crippen LogP contribution in [0.2, 0.25) is 0 Å². The van der Waals surface area contributed by atoms with Crippen molar-refractivity contribution in [3.8, 4) is 28.8 Å². The molecule has 9 nitrogen and oxygen atoms in total. The van der Waals surface area contributed by atoms with Crippen LogP contribution in [-0.4, -0.2) is 46.1 Å². The van der Waals surface area contributed by atoms with E-state index >= 15 is 0 Å². The number of rotatable bonds is 6. The number of hydrogen-bond donors (Lipinski definition) is 2. The van der Waals surface area contributed by atoms with E-state index in [0.717, 1.165) is 30.6 Å². The van der Waals surface area contributed by atoms with Crippen LogP contribution in [0.4, 0.5) is 5.82 Å². The molecule has 2 amide bonds. The zero-order valence-corrected chi connectivity index (χ0v) is 20.4. The van der Waals surface area contributed by atoms with Crippen molar-refractivity contribution in [3.05, 3.63) is 72.3 Å². The number of piperidine rings is 1. The average Bonchev–Trinajstić information content (AvgIpc) is 3.33. The van der Waals surface area contributed by atoms with Gasteiger partial charge in [0.2, 0.25) is 0 Å². The van der Waals surface area contributed by atoms with E-state index in [9.17, 15) is 9.59 Å². The molecule has 3 N–H and O–H groups in total. The summed E-state index contributed by atoms with van der Waals surface area (Å²) in [7, 11) is 0. The highest BCUT2D eigenvalue weighted by molar-refractivity contribution is 6.04. The molecule has 37 heavy (non-hydrogen) atoms. The first kappa shape index (κ1) is 24.1. The molecule has 1 atom stereocenters. The molecular formula is C28H28N6O3. The minimum atomic E-state index is -0.538. The van der Waals surface area contributed by atoms with Crippen LogP contribution in [0.15, 0.2) is 66.7 Å². The quantitative estimate of drug-likeness (QED) is 0.391. The van der Waals surface area contributed by atoms with Crippen molar-refractivity contribution in [1.82, 2.24) is 14.7 Å². The Morgan fingerprint density at radius 1 is 1.05 bits per heavy atom. The lowest BCUT2D eigenvalue weighted by Crippen LogP contribution is -2.42. The molecule has 2 aliphatic heterocycles.